The number of carbonyl (C=O) groups is 1. The van der Waals surface area contributed by atoms with Crippen molar-refractivity contribution in [2.45, 2.75) is 12.5 Å². The van der Waals surface area contributed by atoms with Crippen molar-refractivity contribution in [3.8, 4) is 5.75 Å². The maximum absolute atomic E-state index is 11.8. The molecule has 1 aromatic carbocycles. The van der Waals surface area contributed by atoms with Crippen LogP contribution in [0.2, 0.25) is 5.02 Å². The van der Waals surface area contributed by atoms with Crippen molar-refractivity contribution in [1.82, 2.24) is 5.32 Å². The molecular formula is C15H17ClN2O4. The summed E-state index contributed by atoms with van der Waals surface area (Å²) in [6.45, 7) is 0.307. The third kappa shape index (κ3) is 4.41. The van der Waals surface area contributed by atoms with Crippen LogP contribution in [0.15, 0.2) is 41.2 Å². The molecule has 6 nitrogen and oxygen atoms in total. The lowest BCUT2D eigenvalue weighted by atomic mass is 10.1. The molecule has 0 saturated heterocycles. The lowest BCUT2D eigenvalue weighted by molar-refractivity contribution is 0.166. The molecule has 2 aromatic rings. The first-order valence-corrected chi connectivity index (χ1v) is 7.06. The largest absolute Gasteiger partial charge is 0.495 e. The first-order chi connectivity index (χ1) is 10.6. The smallest absolute Gasteiger partial charge is 0.319 e. The molecule has 2 rings (SSSR count). The van der Waals surface area contributed by atoms with E-state index in [1.165, 1.54) is 19.6 Å². The first kappa shape index (κ1) is 16.2. The second-order valence-corrected chi connectivity index (χ2v) is 5.02. The Morgan fingerprint density at radius 3 is 2.95 bits per heavy atom. The number of nitrogens with one attached hydrogen (secondary N) is 2. The Labute approximate surface area is 133 Å². The Morgan fingerprint density at radius 2 is 2.27 bits per heavy atom. The summed E-state index contributed by atoms with van der Waals surface area (Å²) in [6.07, 6.45) is 2.66. The molecule has 118 valence electrons. The zero-order valence-corrected chi connectivity index (χ0v) is 12.8. The van der Waals surface area contributed by atoms with Gasteiger partial charge in [0.15, 0.2) is 0 Å². The highest BCUT2D eigenvalue weighted by molar-refractivity contribution is 6.31. The summed E-state index contributed by atoms with van der Waals surface area (Å²) in [4.78, 5) is 11.8. The molecule has 7 heteroatoms. The molecule has 0 radical (unpaired) electrons. The maximum atomic E-state index is 11.8. The number of urea groups is 1. The quantitative estimate of drug-likeness (QED) is 0.762. The van der Waals surface area contributed by atoms with Gasteiger partial charge in [0.05, 0.1) is 31.4 Å². The first-order valence-electron chi connectivity index (χ1n) is 6.68. The van der Waals surface area contributed by atoms with Gasteiger partial charge >= 0.3 is 6.03 Å². The molecule has 0 aliphatic rings. The Bertz CT molecular complexity index is 616. The highest BCUT2D eigenvalue weighted by atomic mass is 35.5. The molecule has 0 saturated carbocycles. The number of amides is 2. The number of halogens is 1. The molecule has 1 atom stereocenters. The van der Waals surface area contributed by atoms with Crippen LogP contribution in [0.5, 0.6) is 5.75 Å². The van der Waals surface area contributed by atoms with E-state index in [4.69, 9.17) is 20.8 Å². The van der Waals surface area contributed by atoms with Gasteiger partial charge in [-0.25, -0.2) is 4.79 Å². The highest BCUT2D eigenvalue weighted by Crippen LogP contribution is 2.27. The van der Waals surface area contributed by atoms with E-state index in [-0.39, 0.29) is 0 Å². The summed E-state index contributed by atoms with van der Waals surface area (Å²) in [5.41, 5.74) is 1.15. The summed E-state index contributed by atoms with van der Waals surface area (Å²) >= 11 is 5.89. The van der Waals surface area contributed by atoms with Gasteiger partial charge in [-0.2, -0.15) is 0 Å². The van der Waals surface area contributed by atoms with Crippen LogP contribution in [0.4, 0.5) is 10.5 Å². The number of hydrogen-bond donors (Lipinski definition) is 3. The zero-order valence-electron chi connectivity index (χ0n) is 12.0. The van der Waals surface area contributed by atoms with E-state index < -0.39 is 12.1 Å². The molecular weight excluding hydrogens is 308 g/mol. The van der Waals surface area contributed by atoms with Gasteiger partial charge in [0.2, 0.25) is 0 Å². The van der Waals surface area contributed by atoms with Crippen molar-refractivity contribution in [3.05, 3.63) is 47.4 Å². The maximum Gasteiger partial charge on any atom is 0.319 e. The van der Waals surface area contributed by atoms with Crippen LogP contribution in [0.3, 0.4) is 0 Å². The average molecular weight is 325 g/mol. The molecule has 1 heterocycles. The summed E-state index contributed by atoms with van der Waals surface area (Å²) in [6, 6.07) is 6.22. The summed E-state index contributed by atoms with van der Waals surface area (Å²) < 4.78 is 10.0. The van der Waals surface area contributed by atoms with Gasteiger partial charge in [-0.15, -0.1) is 0 Å². The lowest BCUT2D eigenvalue weighted by Crippen LogP contribution is -2.30. The van der Waals surface area contributed by atoms with Gasteiger partial charge in [-0.05, 0) is 30.7 Å². The number of hydrogen-bond acceptors (Lipinski definition) is 4. The lowest BCUT2D eigenvalue weighted by Gasteiger charge is -2.12. The summed E-state index contributed by atoms with van der Waals surface area (Å²) in [5, 5.41) is 15.7. The van der Waals surface area contributed by atoms with E-state index in [1.807, 2.05) is 0 Å². The van der Waals surface area contributed by atoms with Crippen LogP contribution in [-0.4, -0.2) is 24.8 Å². The van der Waals surface area contributed by atoms with Crippen LogP contribution in [0, 0.1) is 0 Å². The average Bonchev–Trinajstić information content (AvgIpc) is 3.01. The van der Waals surface area contributed by atoms with E-state index in [1.54, 1.807) is 24.3 Å². The van der Waals surface area contributed by atoms with Gasteiger partial charge in [0.1, 0.15) is 5.75 Å². The third-order valence-corrected chi connectivity index (χ3v) is 3.28. The molecule has 2 amide bonds. The molecule has 1 unspecified atom stereocenters. The Morgan fingerprint density at radius 1 is 1.45 bits per heavy atom. The van der Waals surface area contributed by atoms with E-state index >= 15 is 0 Å². The monoisotopic (exact) mass is 324 g/mol. The molecule has 22 heavy (non-hydrogen) atoms. The number of anilines is 1. The predicted octanol–water partition coefficient (Wildman–Crippen LogP) is 3.19. The number of ether oxygens (including phenoxy) is 1. The minimum Gasteiger partial charge on any atom is -0.495 e. The van der Waals surface area contributed by atoms with E-state index in [0.29, 0.717) is 35.0 Å². The normalized spacial score (nSPS) is 11.8. The molecule has 0 fully saturated rings. The number of benzene rings is 1. The SMILES string of the molecule is COc1ccc(Cl)cc1NC(=O)NCCC(O)c1ccoc1. The van der Waals surface area contributed by atoms with Crippen LogP contribution in [0.25, 0.3) is 0 Å². The fourth-order valence-electron chi connectivity index (χ4n) is 1.90. The van der Waals surface area contributed by atoms with Crippen LogP contribution < -0.4 is 15.4 Å². The van der Waals surface area contributed by atoms with Crippen molar-refractivity contribution >= 4 is 23.3 Å². The number of aliphatic hydroxyl groups excluding tert-OH is 1. The minimum atomic E-state index is -0.681. The Kier molecular flexibility index (Phi) is 5.68. The Hall–Kier alpha value is -2.18. The van der Waals surface area contributed by atoms with Crippen molar-refractivity contribution in [2.75, 3.05) is 19.0 Å². The Balaban J connectivity index is 1.82. The summed E-state index contributed by atoms with van der Waals surface area (Å²) in [5.74, 6) is 0.512. The van der Waals surface area contributed by atoms with Gasteiger partial charge in [-0.3, -0.25) is 0 Å². The van der Waals surface area contributed by atoms with Crippen LogP contribution in [0.1, 0.15) is 18.1 Å². The molecule has 0 aliphatic carbocycles. The van der Waals surface area contributed by atoms with Crippen molar-refractivity contribution < 1.29 is 19.1 Å². The molecule has 1 aromatic heterocycles. The second-order valence-electron chi connectivity index (χ2n) is 4.59. The molecule has 0 aliphatic heterocycles. The topological polar surface area (TPSA) is 83.7 Å². The molecule has 0 spiro atoms. The number of aliphatic hydroxyl groups is 1. The van der Waals surface area contributed by atoms with Crippen LogP contribution in [-0.2, 0) is 0 Å². The van der Waals surface area contributed by atoms with Gasteiger partial charge in [-0.1, -0.05) is 11.6 Å². The fourth-order valence-corrected chi connectivity index (χ4v) is 2.07. The van der Waals surface area contributed by atoms with Crippen molar-refractivity contribution in [1.29, 1.82) is 0 Å². The van der Waals surface area contributed by atoms with E-state index in [2.05, 4.69) is 10.6 Å². The van der Waals surface area contributed by atoms with Crippen molar-refractivity contribution in [3.63, 3.8) is 0 Å². The number of furan rings is 1. The van der Waals surface area contributed by atoms with Gasteiger partial charge in [0, 0.05) is 17.1 Å². The van der Waals surface area contributed by atoms with Gasteiger partial charge < -0.3 is 24.9 Å². The predicted molar refractivity (Wildman–Crippen MR) is 83.3 cm³/mol. The van der Waals surface area contributed by atoms with E-state index in [0.717, 1.165) is 0 Å². The zero-order chi connectivity index (χ0) is 15.9. The molecule has 3 N–H and O–H groups in total. The van der Waals surface area contributed by atoms with Crippen LogP contribution >= 0.6 is 11.6 Å². The number of carbonyl (C=O) groups excluding carboxylic acids is 1. The minimum absolute atomic E-state index is 0.307. The number of methoxy groups -OCH3 is 1. The summed E-state index contributed by atoms with van der Waals surface area (Å²) in [7, 11) is 1.51. The van der Waals surface area contributed by atoms with Crippen molar-refractivity contribution in [2.24, 2.45) is 0 Å². The fraction of sp³-hybridized carbons (Fsp3) is 0.267. The van der Waals surface area contributed by atoms with E-state index in [9.17, 15) is 9.90 Å². The molecule has 0 bridgehead atoms. The standard InChI is InChI=1S/C15H17ClN2O4/c1-21-14-3-2-11(16)8-12(14)18-15(20)17-6-4-13(19)10-5-7-22-9-10/h2-3,5,7-9,13,19H,4,6H2,1H3,(H2,17,18,20). The number of rotatable bonds is 6. The second kappa shape index (κ2) is 7.72. The van der Waals surface area contributed by atoms with Gasteiger partial charge in [0.25, 0.3) is 0 Å². The highest BCUT2D eigenvalue weighted by Gasteiger charge is 2.11. The third-order valence-electron chi connectivity index (χ3n) is 3.04.